The van der Waals surface area contributed by atoms with E-state index in [4.69, 9.17) is 4.74 Å². The lowest BCUT2D eigenvalue weighted by Gasteiger charge is -2.16. The number of carbonyl (C=O) groups is 1. The SMILES string of the molecule is C/C=C/c1ccccc1OCc1csc(C(=O)N(C)Cc2c(Br)cnn2C)c1. The van der Waals surface area contributed by atoms with Gasteiger partial charge in [-0.15, -0.1) is 11.3 Å². The average molecular weight is 460 g/mol. The number of aryl methyl sites for hydroxylation is 1. The van der Waals surface area contributed by atoms with Gasteiger partial charge in [0.1, 0.15) is 12.4 Å². The number of hydrogen-bond acceptors (Lipinski definition) is 4. The highest BCUT2D eigenvalue weighted by Gasteiger charge is 2.17. The predicted octanol–water partition coefficient (Wildman–Crippen LogP) is 5.13. The number of rotatable bonds is 7. The van der Waals surface area contributed by atoms with Gasteiger partial charge in [0, 0.05) is 25.2 Å². The van der Waals surface area contributed by atoms with Crippen LogP contribution in [0, 0.1) is 0 Å². The number of ether oxygens (including phenoxy) is 1. The van der Waals surface area contributed by atoms with Crippen LogP contribution in [0.25, 0.3) is 6.08 Å². The van der Waals surface area contributed by atoms with Crippen LogP contribution in [0.4, 0.5) is 0 Å². The van der Waals surface area contributed by atoms with E-state index in [9.17, 15) is 4.79 Å². The van der Waals surface area contributed by atoms with Gasteiger partial charge in [-0.25, -0.2) is 0 Å². The molecule has 0 radical (unpaired) electrons. The lowest BCUT2D eigenvalue weighted by Crippen LogP contribution is -2.26. The topological polar surface area (TPSA) is 47.4 Å². The van der Waals surface area contributed by atoms with Crippen molar-refractivity contribution in [2.45, 2.75) is 20.1 Å². The Bertz CT molecular complexity index is 974. The van der Waals surface area contributed by atoms with Crippen molar-refractivity contribution < 1.29 is 9.53 Å². The van der Waals surface area contributed by atoms with Gasteiger partial charge in [-0.1, -0.05) is 30.4 Å². The van der Waals surface area contributed by atoms with Gasteiger partial charge in [-0.2, -0.15) is 5.10 Å². The van der Waals surface area contributed by atoms with E-state index in [-0.39, 0.29) is 5.91 Å². The van der Waals surface area contributed by atoms with Gasteiger partial charge in [0.15, 0.2) is 0 Å². The van der Waals surface area contributed by atoms with Crippen molar-refractivity contribution in [1.82, 2.24) is 14.7 Å². The number of halogens is 1. The number of thiophene rings is 1. The fourth-order valence-corrected chi connectivity index (χ4v) is 4.12. The molecule has 3 rings (SSSR count). The largest absolute Gasteiger partial charge is 0.488 e. The number of aromatic nitrogens is 2. The van der Waals surface area contributed by atoms with Gasteiger partial charge in [-0.3, -0.25) is 9.48 Å². The normalized spacial score (nSPS) is 11.1. The van der Waals surface area contributed by atoms with Crippen LogP contribution in [0.3, 0.4) is 0 Å². The van der Waals surface area contributed by atoms with E-state index in [0.717, 1.165) is 27.0 Å². The molecule has 1 amide bonds. The van der Waals surface area contributed by atoms with E-state index in [1.807, 2.05) is 61.8 Å². The predicted molar refractivity (Wildman–Crippen MR) is 117 cm³/mol. The number of nitrogens with zero attached hydrogens (tertiary/aromatic N) is 3. The Morgan fingerprint density at radius 1 is 1.39 bits per heavy atom. The molecule has 2 aromatic heterocycles. The van der Waals surface area contributed by atoms with Gasteiger partial charge in [0.05, 0.1) is 27.8 Å². The third-order valence-corrected chi connectivity index (χ3v) is 5.90. The summed E-state index contributed by atoms with van der Waals surface area (Å²) in [4.78, 5) is 15.2. The zero-order chi connectivity index (χ0) is 20.1. The first-order chi connectivity index (χ1) is 13.5. The number of para-hydroxylation sites is 1. The number of allylic oxidation sites excluding steroid dienone is 1. The minimum Gasteiger partial charge on any atom is -0.488 e. The summed E-state index contributed by atoms with van der Waals surface area (Å²) in [5, 5.41) is 6.16. The first-order valence-corrected chi connectivity index (χ1v) is 10.5. The smallest absolute Gasteiger partial charge is 0.264 e. The fourth-order valence-electron chi connectivity index (χ4n) is 2.75. The third-order valence-electron chi connectivity index (χ3n) is 4.27. The monoisotopic (exact) mass is 459 g/mol. The summed E-state index contributed by atoms with van der Waals surface area (Å²) in [5.41, 5.74) is 2.98. The molecule has 0 aliphatic heterocycles. The van der Waals surface area contributed by atoms with Gasteiger partial charge >= 0.3 is 0 Å². The van der Waals surface area contributed by atoms with Crippen LogP contribution in [0.15, 0.2) is 52.5 Å². The third kappa shape index (κ3) is 4.72. The second-order valence-corrected chi connectivity index (χ2v) is 8.14. The van der Waals surface area contributed by atoms with Crippen molar-refractivity contribution in [2.24, 2.45) is 7.05 Å². The Labute approximate surface area is 177 Å². The second-order valence-electron chi connectivity index (χ2n) is 6.37. The maximum Gasteiger partial charge on any atom is 0.264 e. The molecule has 0 N–H and O–H groups in total. The minimum absolute atomic E-state index is 0.0151. The molecule has 0 atom stereocenters. The lowest BCUT2D eigenvalue weighted by molar-refractivity contribution is 0.0786. The highest BCUT2D eigenvalue weighted by Crippen LogP contribution is 2.24. The van der Waals surface area contributed by atoms with Crippen molar-refractivity contribution in [2.75, 3.05) is 7.05 Å². The van der Waals surface area contributed by atoms with Crippen LogP contribution < -0.4 is 4.74 Å². The molecule has 0 aliphatic carbocycles. The molecule has 0 fully saturated rings. The Morgan fingerprint density at radius 3 is 2.89 bits per heavy atom. The Hall–Kier alpha value is -2.38. The summed E-state index contributed by atoms with van der Waals surface area (Å²) in [7, 11) is 3.66. The summed E-state index contributed by atoms with van der Waals surface area (Å²) >= 11 is 4.91. The van der Waals surface area contributed by atoms with E-state index in [0.29, 0.717) is 18.0 Å². The van der Waals surface area contributed by atoms with Gasteiger partial charge in [0.25, 0.3) is 5.91 Å². The molecule has 2 heterocycles. The van der Waals surface area contributed by atoms with Crippen LogP contribution in [0.1, 0.15) is 33.4 Å². The molecule has 5 nitrogen and oxygen atoms in total. The van der Waals surface area contributed by atoms with Crippen molar-refractivity contribution in [3.63, 3.8) is 0 Å². The Kier molecular flexibility index (Phi) is 6.70. The van der Waals surface area contributed by atoms with E-state index < -0.39 is 0 Å². The van der Waals surface area contributed by atoms with Crippen molar-refractivity contribution in [1.29, 1.82) is 0 Å². The summed E-state index contributed by atoms with van der Waals surface area (Å²) in [6.45, 7) is 2.89. The molecule has 0 spiro atoms. The molecule has 0 bridgehead atoms. The summed E-state index contributed by atoms with van der Waals surface area (Å²) < 4.78 is 8.62. The first kappa shape index (κ1) is 20.4. The number of carbonyl (C=O) groups excluding carboxylic acids is 1. The quantitative estimate of drug-likeness (QED) is 0.491. The Balaban J connectivity index is 1.64. The van der Waals surface area contributed by atoms with Crippen LogP contribution in [0.5, 0.6) is 5.75 Å². The van der Waals surface area contributed by atoms with Gasteiger partial charge < -0.3 is 9.64 Å². The number of hydrogen-bond donors (Lipinski definition) is 0. The van der Waals surface area contributed by atoms with E-state index in [1.54, 1.807) is 22.8 Å². The lowest BCUT2D eigenvalue weighted by atomic mass is 10.2. The minimum atomic E-state index is -0.0151. The highest BCUT2D eigenvalue weighted by atomic mass is 79.9. The molecule has 7 heteroatoms. The fraction of sp³-hybridized carbons (Fsp3) is 0.238. The van der Waals surface area contributed by atoms with E-state index in [1.165, 1.54) is 11.3 Å². The summed E-state index contributed by atoms with van der Waals surface area (Å²) in [6, 6.07) is 9.81. The first-order valence-electron chi connectivity index (χ1n) is 8.83. The molecule has 0 saturated heterocycles. The summed E-state index contributed by atoms with van der Waals surface area (Å²) in [6.07, 6.45) is 5.74. The van der Waals surface area contributed by atoms with Crippen LogP contribution in [-0.4, -0.2) is 27.6 Å². The van der Waals surface area contributed by atoms with Crippen molar-refractivity contribution >= 4 is 39.2 Å². The van der Waals surface area contributed by atoms with Crippen LogP contribution in [0.2, 0.25) is 0 Å². The molecular formula is C21H22BrN3O2S. The zero-order valence-electron chi connectivity index (χ0n) is 16.1. The van der Waals surface area contributed by atoms with Crippen LogP contribution >= 0.6 is 27.3 Å². The van der Waals surface area contributed by atoms with Gasteiger partial charge in [-0.05, 0) is 40.4 Å². The second kappa shape index (κ2) is 9.21. The summed E-state index contributed by atoms with van der Waals surface area (Å²) in [5.74, 6) is 0.816. The van der Waals surface area contributed by atoms with Crippen LogP contribution in [-0.2, 0) is 20.2 Å². The molecule has 3 aromatic rings. The number of amides is 1. The molecule has 1 aromatic carbocycles. The average Bonchev–Trinajstić information content (AvgIpc) is 3.29. The molecule has 28 heavy (non-hydrogen) atoms. The molecule has 0 aliphatic rings. The molecule has 146 valence electrons. The van der Waals surface area contributed by atoms with Crippen molar-refractivity contribution in [3.8, 4) is 5.75 Å². The maximum atomic E-state index is 12.8. The maximum absolute atomic E-state index is 12.8. The Morgan fingerprint density at radius 2 is 2.18 bits per heavy atom. The molecule has 0 unspecified atom stereocenters. The van der Waals surface area contributed by atoms with E-state index in [2.05, 4.69) is 21.0 Å². The molecular weight excluding hydrogens is 438 g/mol. The van der Waals surface area contributed by atoms with Crippen molar-refractivity contribution in [3.05, 3.63) is 74.2 Å². The number of benzene rings is 1. The molecule has 0 saturated carbocycles. The van der Waals surface area contributed by atoms with E-state index >= 15 is 0 Å². The van der Waals surface area contributed by atoms with Gasteiger partial charge in [0.2, 0.25) is 0 Å². The highest BCUT2D eigenvalue weighted by molar-refractivity contribution is 9.10. The zero-order valence-corrected chi connectivity index (χ0v) is 18.5. The standard InChI is InChI=1S/C21H22BrN3O2S/c1-4-7-16-8-5-6-9-19(16)27-13-15-10-20(28-14-15)21(26)24(2)12-18-17(22)11-23-25(18)3/h4-11,14H,12-13H2,1-3H3/b7-4+.